The maximum Gasteiger partial charge on any atom is 0.306 e. The molecule has 2 unspecified atom stereocenters. The SMILES string of the molecule is Cc1cc(S(=O)(=O)NCC2CCCC2C(=O)O)sc1Cl. The summed E-state index contributed by atoms with van der Waals surface area (Å²) in [7, 11) is -3.61. The molecule has 1 fully saturated rings. The highest BCUT2D eigenvalue weighted by molar-refractivity contribution is 7.91. The average molecular weight is 338 g/mol. The van der Waals surface area contributed by atoms with E-state index in [1.54, 1.807) is 6.92 Å². The van der Waals surface area contributed by atoms with Crippen molar-refractivity contribution >= 4 is 38.9 Å². The summed E-state index contributed by atoms with van der Waals surface area (Å²) in [6.45, 7) is 1.91. The highest BCUT2D eigenvalue weighted by Gasteiger charge is 2.33. The van der Waals surface area contributed by atoms with Crippen LogP contribution in [0.25, 0.3) is 0 Å². The van der Waals surface area contributed by atoms with Crippen LogP contribution in [0.5, 0.6) is 0 Å². The van der Waals surface area contributed by atoms with Gasteiger partial charge in [0, 0.05) is 6.54 Å². The van der Waals surface area contributed by atoms with E-state index in [4.69, 9.17) is 16.7 Å². The summed E-state index contributed by atoms with van der Waals surface area (Å²) < 4.78 is 27.4. The fourth-order valence-corrected chi connectivity index (χ4v) is 5.31. The Morgan fingerprint density at radius 1 is 1.55 bits per heavy atom. The second-order valence-corrected chi connectivity index (χ2v) is 8.66. The van der Waals surface area contributed by atoms with Crippen LogP contribution in [0.4, 0.5) is 0 Å². The molecule has 1 saturated carbocycles. The molecule has 0 saturated heterocycles. The van der Waals surface area contributed by atoms with E-state index in [1.165, 1.54) is 6.07 Å². The quantitative estimate of drug-likeness (QED) is 0.864. The summed E-state index contributed by atoms with van der Waals surface area (Å²) in [5.74, 6) is -1.44. The molecule has 0 bridgehead atoms. The molecule has 2 N–H and O–H groups in total. The number of thiophene rings is 1. The topological polar surface area (TPSA) is 83.5 Å². The molecule has 0 aromatic carbocycles. The van der Waals surface area contributed by atoms with E-state index in [0.717, 1.165) is 29.7 Å². The molecular weight excluding hydrogens is 322 g/mol. The molecule has 8 heteroatoms. The Hall–Kier alpha value is -0.630. The van der Waals surface area contributed by atoms with Gasteiger partial charge < -0.3 is 5.11 Å². The number of rotatable bonds is 5. The van der Waals surface area contributed by atoms with E-state index < -0.39 is 21.9 Å². The van der Waals surface area contributed by atoms with Crippen molar-refractivity contribution in [2.24, 2.45) is 11.8 Å². The van der Waals surface area contributed by atoms with Gasteiger partial charge in [-0.25, -0.2) is 13.1 Å². The Bertz CT molecular complexity index is 591. The van der Waals surface area contributed by atoms with Gasteiger partial charge in [0.25, 0.3) is 0 Å². The Morgan fingerprint density at radius 2 is 2.25 bits per heavy atom. The van der Waals surface area contributed by atoms with Crippen molar-refractivity contribution in [3.63, 3.8) is 0 Å². The lowest BCUT2D eigenvalue weighted by molar-refractivity contribution is -0.142. The van der Waals surface area contributed by atoms with Crippen molar-refractivity contribution in [1.29, 1.82) is 0 Å². The summed E-state index contributed by atoms with van der Waals surface area (Å²) in [6, 6.07) is 1.53. The maximum atomic E-state index is 12.1. The number of aryl methyl sites for hydroxylation is 1. The first-order valence-electron chi connectivity index (χ1n) is 6.29. The van der Waals surface area contributed by atoms with Gasteiger partial charge in [-0.3, -0.25) is 4.79 Å². The average Bonchev–Trinajstić information content (AvgIpc) is 2.95. The minimum atomic E-state index is -3.61. The summed E-state index contributed by atoms with van der Waals surface area (Å²) >= 11 is 6.89. The first-order valence-corrected chi connectivity index (χ1v) is 8.97. The van der Waals surface area contributed by atoms with E-state index >= 15 is 0 Å². The number of hydrogen-bond acceptors (Lipinski definition) is 4. The molecule has 112 valence electrons. The number of nitrogens with one attached hydrogen (secondary N) is 1. The van der Waals surface area contributed by atoms with Crippen LogP contribution in [0.1, 0.15) is 24.8 Å². The van der Waals surface area contributed by atoms with E-state index in [0.29, 0.717) is 10.8 Å². The number of carbonyl (C=O) groups is 1. The minimum absolute atomic E-state index is 0.140. The van der Waals surface area contributed by atoms with Crippen LogP contribution in [-0.2, 0) is 14.8 Å². The third kappa shape index (κ3) is 3.33. The number of carboxylic acid groups (broad SMARTS) is 1. The van der Waals surface area contributed by atoms with Crippen LogP contribution in [0.2, 0.25) is 4.34 Å². The van der Waals surface area contributed by atoms with Crippen LogP contribution in [0.15, 0.2) is 10.3 Å². The van der Waals surface area contributed by atoms with Gasteiger partial charge in [0.1, 0.15) is 4.21 Å². The van der Waals surface area contributed by atoms with Gasteiger partial charge in [-0.05, 0) is 37.3 Å². The third-order valence-electron chi connectivity index (χ3n) is 3.61. The normalized spacial score (nSPS) is 23.1. The molecule has 0 amide bonds. The maximum absolute atomic E-state index is 12.1. The fraction of sp³-hybridized carbons (Fsp3) is 0.583. The molecule has 20 heavy (non-hydrogen) atoms. The van der Waals surface area contributed by atoms with Crippen LogP contribution in [-0.4, -0.2) is 26.0 Å². The van der Waals surface area contributed by atoms with E-state index in [-0.39, 0.29) is 16.7 Å². The Labute approximate surface area is 127 Å². The molecular formula is C12H16ClNO4S2. The van der Waals surface area contributed by atoms with Gasteiger partial charge in [-0.1, -0.05) is 18.0 Å². The molecule has 2 rings (SSSR count). The summed E-state index contributed by atoms with van der Waals surface area (Å²) in [4.78, 5) is 11.1. The first kappa shape index (κ1) is 15.8. The highest BCUT2D eigenvalue weighted by Crippen LogP contribution is 2.33. The van der Waals surface area contributed by atoms with E-state index in [2.05, 4.69) is 4.72 Å². The smallest absolute Gasteiger partial charge is 0.306 e. The molecule has 1 aliphatic rings. The fourth-order valence-electron chi connectivity index (χ4n) is 2.46. The van der Waals surface area contributed by atoms with Gasteiger partial charge in [-0.2, -0.15) is 0 Å². The molecule has 2 atom stereocenters. The minimum Gasteiger partial charge on any atom is -0.481 e. The number of carboxylic acids is 1. The highest BCUT2D eigenvalue weighted by atomic mass is 35.5. The van der Waals surface area contributed by atoms with Gasteiger partial charge >= 0.3 is 5.97 Å². The zero-order valence-corrected chi connectivity index (χ0v) is 13.3. The standard InChI is InChI=1S/C12H16ClNO4S2/c1-7-5-10(19-11(7)13)20(17,18)14-6-8-3-2-4-9(8)12(15)16/h5,8-9,14H,2-4,6H2,1H3,(H,15,16). The van der Waals surface area contributed by atoms with Crippen LogP contribution in [0.3, 0.4) is 0 Å². The molecule has 0 spiro atoms. The van der Waals surface area contributed by atoms with Gasteiger partial charge in [-0.15, -0.1) is 11.3 Å². The van der Waals surface area contributed by atoms with Gasteiger partial charge in [0.2, 0.25) is 10.0 Å². The molecule has 1 aliphatic carbocycles. The number of hydrogen-bond donors (Lipinski definition) is 2. The zero-order valence-electron chi connectivity index (χ0n) is 10.9. The lowest BCUT2D eigenvalue weighted by atomic mass is 9.97. The zero-order chi connectivity index (χ0) is 14.9. The Kier molecular flexibility index (Phi) is 4.73. The molecule has 5 nitrogen and oxygen atoms in total. The van der Waals surface area contributed by atoms with E-state index in [9.17, 15) is 13.2 Å². The largest absolute Gasteiger partial charge is 0.481 e. The van der Waals surface area contributed by atoms with Crippen molar-refractivity contribution in [2.45, 2.75) is 30.4 Å². The number of aliphatic carboxylic acids is 1. The lowest BCUT2D eigenvalue weighted by Crippen LogP contribution is -2.32. The molecule has 1 aromatic heterocycles. The summed E-state index contributed by atoms with van der Waals surface area (Å²) in [5, 5.41) is 9.08. The van der Waals surface area contributed by atoms with Gasteiger partial charge in [0.05, 0.1) is 10.3 Å². The van der Waals surface area contributed by atoms with Crippen LogP contribution in [0, 0.1) is 18.8 Å². The predicted molar refractivity (Wildman–Crippen MR) is 77.7 cm³/mol. The van der Waals surface area contributed by atoms with Gasteiger partial charge in [0.15, 0.2) is 0 Å². The number of sulfonamides is 1. The van der Waals surface area contributed by atoms with Crippen LogP contribution < -0.4 is 4.72 Å². The molecule has 1 aromatic rings. The van der Waals surface area contributed by atoms with Crippen molar-refractivity contribution < 1.29 is 18.3 Å². The second-order valence-electron chi connectivity index (χ2n) is 5.01. The van der Waals surface area contributed by atoms with E-state index in [1.807, 2.05) is 0 Å². The summed E-state index contributed by atoms with van der Waals surface area (Å²) in [5.41, 5.74) is 0.723. The Morgan fingerprint density at radius 3 is 2.80 bits per heavy atom. The lowest BCUT2D eigenvalue weighted by Gasteiger charge is -2.15. The summed E-state index contributed by atoms with van der Waals surface area (Å²) in [6.07, 6.45) is 2.18. The first-order chi connectivity index (χ1) is 9.31. The predicted octanol–water partition coefficient (Wildman–Crippen LogP) is 2.49. The second kappa shape index (κ2) is 6.01. The molecule has 1 heterocycles. The van der Waals surface area contributed by atoms with Crippen molar-refractivity contribution in [3.05, 3.63) is 16.0 Å². The van der Waals surface area contributed by atoms with Crippen molar-refractivity contribution in [3.8, 4) is 0 Å². The van der Waals surface area contributed by atoms with Crippen LogP contribution >= 0.6 is 22.9 Å². The Balaban J connectivity index is 2.04. The monoisotopic (exact) mass is 337 g/mol. The van der Waals surface area contributed by atoms with Crippen molar-refractivity contribution in [1.82, 2.24) is 4.72 Å². The van der Waals surface area contributed by atoms with Crippen molar-refractivity contribution in [2.75, 3.05) is 6.54 Å². The molecule has 0 aliphatic heterocycles. The molecule has 0 radical (unpaired) electrons. The number of halogens is 1. The third-order valence-corrected chi connectivity index (χ3v) is 7.06.